The Hall–Kier alpha value is -3.82. The van der Waals surface area contributed by atoms with Gasteiger partial charge in [0.15, 0.2) is 0 Å². The van der Waals surface area contributed by atoms with Crippen molar-refractivity contribution in [2.75, 3.05) is 25.1 Å². The summed E-state index contributed by atoms with van der Waals surface area (Å²) in [6, 6.07) is 21.2. The highest BCUT2D eigenvalue weighted by Crippen LogP contribution is 2.22. The first-order valence-electron chi connectivity index (χ1n) is 15.3. The number of nitrogens with zero attached hydrogens (tertiary/aromatic N) is 1. The highest BCUT2D eigenvalue weighted by molar-refractivity contribution is 7.98. The molecule has 0 spiro atoms. The number of carboxylic acid groups (broad SMARTS) is 1. The number of rotatable bonds is 17. The van der Waals surface area contributed by atoms with Gasteiger partial charge in [0.25, 0.3) is 0 Å². The number of aromatic amines is 1. The SMILES string of the molecule is CCC(C)C(CN(CC(=O)NC(CCSC)C(=O)O)Cc1cccc2ccccc12)NC(=O)CCc1c[nH]c2ccccc12. The van der Waals surface area contributed by atoms with Crippen molar-refractivity contribution in [3.05, 3.63) is 84.1 Å². The van der Waals surface area contributed by atoms with E-state index in [2.05, 4.69) is 59.8 Å². The third kappa shape index (κ3) is 9.09. The molecule has 3 atom stereocenters. The molecule has 3 aromatic carbocycles. The number of aromatic nitrogens is 1. The van der Waals surface area contributed by atoms with Gasteiger partial charge < -0.3 is 20.7 Å². The lowest BCUT2D eigenvalue weighted by molar-refractivity contribution is -0.142. The van der Waals surface area contributed by atoms with Crippen LogP contribution in [0.3, 0.4) is 0 Å². The molecule has 0 aliphatic rings. The monoisotopic (exact) mass is 616 g/mol. The van der Waals surface area contributed by atoms with Crippen LogP contribution in [0.4, 0.5) is 0 Å². The van der Waals surface area contributed by atoms with E-state index in [0.29, 0.717) is 38.1 Å². The van der Waals surface area contributed by atoms with Crippen LogP contribution in [0.5, 0.6) is 0 Å². The lowest BCUT2D eigenvalue weighted by Gasteiger charge is -2.31. The molecule has 4 rings (SSSR count). The maximum atomic E-state index is 13.3. The van der Waals surface area contributed by atoms with Crippen LogP contribution in [0.25, 0.3) is 21.7 Å². The van der Waals surface area contributed by atoms with Crippen molar-refractivity contribution < 1.29 is 19.5 Å². The van der Waals surface area contributed by atoms with E-state index in [1.54, 1.807) is 11.8 Å². The molecule has 0 fully saturated rings. The lowest BCUT2D eigenvalue weighted by atomic mass is 9.97. The van der Waals surface area contributed by atoms with Crippen LogP contribution in [-0.4, -0.2) is 70.0 Å². The van der Waals surface area contributed by atoms with E-state index in [1.807, 2.05) is 53.8 Å². The van der Waals surface area contributed by atoms with Gasteiger partial charge in [0, 0.05) is 42.7 Å². The van der Waals surface area contributed by atoms with Gasteiger partial charge >= 0.3 is 5.97 Å². The lowest BCUT2D eigenvalue weighted by Crippen LogP contribution is -2.51. The molecule has 0 bridgehead atoms. The first-order chi connectivity index (χ1) is 21.3. The Balaban J connectivity index is 1.50. The molecule has 4 N–H and O–H groups in total. The Kier molecular flexibility index (Phi) is 12.3. The fourth-order valence-corrected chi connectivity index (χ4v) is 6.06. The van der Waals surface area contributed by atoms with E-state index in [1.165, 1.54) is 0 Å². The normalized spacial score (nSPS) is 13.5. The van der Waals surface area contributed by atoms with Crippen LogP contribution < -0.4 is 10.6 Å². The Morgan fingerprint density at radius 3 is 2.41 bits per heavy atom. The van der Waals surface area contributed by atoms with Crippen molar-refractivity contribution in [1.29, 1.82) is 0 Å². The molecule has 1 heterocycles. The van der Waals surface area contributed by atoms with Crippen LogP contribution >= 0.6 is 11.8 Å². The summed E-state index contributed by atoms with van der Waals surface area (Å²) in [6.45, 7) is 5.16. The Labute approximate surface area is 264 Å². The molecule has 0 radical (unpaired) electrons. The highest BCUT2D eigenvalue weighted by atomic mass is 32.2. The first kappa shape index (κ1) is 33.1. The number of H-pyrrole nitrogens is 1. The molecule has 44 heavy (non-hydrogen) atoms. The number of carbonyl (C=O) groups is 3. The summed E-state index contributed by atoms with van der Waals surface area (Å²) in [4.78, 5) is 43.7. The van der Waals surface area contributed by atoms with E-state index >= 15 is 0 Å². The molecule has 2 amide bonds. The Morgan fingerprint density at radius 1 is 0.932 bits per heavy atom. The van der Waals surface area contributed by atoms with Crippen LogP contribution in [0.15, 0.2) is 72.9 Å². The van der Waals surface area contributed by atoms with Crippen LogP contribution in [0.1, 0.15) is 44.2 Å². The van der Waals surface area contributed by atoms with Gasteiger partial charge in [-0.25, -0.2) is 4.79 Å². The van der Waals surface area contributed by atoms with Crippen LogP contribution in [-0.2, 0) is 27.3 Å². The third-order valence-electron chi connectivity index (χ3n) is 8.31. The summed E-state index contributed by atoms with van der Waals surface area (Å²) in [6.07, 6.45) is 6.08. The maximum Gasteiger partial charge on any atom is 0.326 e. The zero-order chi connectivity index (χ0) is 31.5. The number of aliphatic carboxylic acids is 1. The van der Waals surface area contributed by atoms with Crippen LogP contribution in [0, 0.1) is 5.92 Å². The number of carbonyl (C=O) groups excluding carboxylic acids is 2. The van der Waals surface area contributed by atoms with Gasteiger partial charge in [-0.3, -0.25) is 14.5 Å². The molecular weight excluding hydrogens is 572 g/mol. The second-order valence-corrected chi connectivity index (χ2v) is 12.5. The number of para-hydroxylation sites is 1. The minimum absolute atomic E-state index is 0.0183. The van der Waals surface area contributed by atoms with Gasteiger partial charge in [0.1, 0.15) is 6.04 Å². The largest absolute Gasteiger partial charge is 0.480 e. The average molecular weight is 617 g/mol. The summed E-state index contributed by atoms with van der Waals surface area (Å²) in [5.41, 5.74) is 3.24. The van der Waals surface area contributed by atoms with Crippen molar-refractivity contribution in [3.63, 3.8) is 0 Å². The Bertz CT molecular complexity index is 1550. The number of carboxylic acids is 1. The highest BCUT2D eigenvalue weighted by Gasteiger charge is 2.26. The van der Waals surface area contributed by atoms with Gasteiger partial charge in [0.2, 0.25) is 11.8 Å². The predicted molar refractivity (Wildman–Crippen MR) is 180 cm³/mol. The predicted octanol–water partition coefficient (Wildman–Crippen LogP) is 5.61. The molecule has 3 unspecified atom stereocenters. The van der Waals surface area contributed by atoms with Crippen molar-refractivity contribution >= 4 is 51.2 Å². The standard InChI is InChI=1S/C35H44N4O4S/c1-4-24(2)32(38-33(40)17-16-26-20-36-30-15-8-7-14-29(26)30)22-39(23-34(41)37-31(35(42)43)18-19-44-3)21-27-12-9-11-25-10-5-6-13-28(25)27/h5-15,20,24,31-32,36H,4,16-19,21-23H2,1-3H3,(H,37,41)(H,38,40)(H,42,43). The molecule has 4 aromatic rings. The number of fused-ring (bicyclic) bond motifs is 2. The maximum absolute atomic E-state index is 13.3. The summed E-state index contributed by atoms with van der Waals surface area (Å²) in [5.74, 6) is -0.602. The van der Waals surface area contributed by atoms with E-state index in [4.69, 9.17) is 0 Å². The topological polar surface area (TPSA) is 115 Å². The second-order valence-electron chi connectivity index (χ2n) is 11.5. The summed E-state index contributed by atoms with van der Waals surface area (Å²) in [7, 11) is 0. The fraction of sp³-hybridized carbons (Fsp3) is 0.400. The average Bonchev–Trinajstić information content (AvgIpc) is 3.44. The first-order valence-corrected chi connectivity index (χ1v) is 16.7. The smallest absolute Gasteiger partial charge is 0.326 e. The van der Waals surface area contributed by atoms with Gasteiger partial charge in [-0.2, -0.15) is 11.8 Å². The molecule has 0 aliphatic carbocycles. The van der Waals surface area contributed by atoms with E-state index in [-0.39, 0.29) is 30.3 Å². The molecule has 9 heteroatoms. The minimum atomic E-state index is -1.03. The molecule has 0 saturated heterocycles. The molecule has 8 nitrogen and oxygen atoms in total. The van der Waals surface area contributed by atoms with Crippen molar-refractivity contribution in [2.45, 2.75) is 58.2 Å². The number of amides is 2. The number of thioether (sulfide) groups is 1. The number of benzene rings is 3. The quantitative estimate of drug-likeness (QED) is 0.123. The molecular formula is C35H44N4O4S. The molecule has 0 saturated carbocycles. The fourth-order valence-electron chi connectivity index (χ4n) is 5.59. The third-order valence-corrected chi connectivity index (χ3v) is 8.96. The van der Waals surface area contributed by atoms with Gasteiger partial charge in [-0.15, -0.1) is 0 Å². The van der Waals surface area contributed by atoms with Gasteiger partial charge in [0.05, 0.1) is 6.54 Å². The van der Waals surface area contributed by atoms with Crippen molar-refractivity contribution in [2.24, 2.45) is 5.92 Å². The number of nitrogens with one attached hydrogen (secondary N) is 3. The number of hydrogen-bond donors (Lipinski definition) is 4. The second kappa shape index (κ2) is 16.3. The number of hydrogen-bond acceptors (Lipinski definition) is 5. The summed E-state index contributed by atoms with van der Waals surface area (Å²) >= 11 is 1.55. The van der Waals surface area contributed by atoms with E-state index in [9.17, 15) is 19.5 Å². The Morgan fingerprint density at radius 2 is 1.66 bits per heavy atom. The number of aryl methyl sites for hydroxylation is 1. The van der Waals surface area contributed by atoms with Crippen molar-refractivity contribution in [3.8, 4) is 0 Å². The zero-order valence-electron chi connectivity index (χ0n) is 25.8. The molecule has 0 aliphatic heterocycles. The molecule has 234 valence electrons. The van der Waals surface area contributed by atoms with Crippen LogP contribution in [0.2, 0.25) is 0 Å². The minimum Gasteiger partial charge on any atom is -0.480 e. The van der Waals surface area contributed by atoms with Gasteiger partial charge in [-0.1, -0.05) is 80.9 Å². The molecule has 1 aromatic heterocycles. The summed E-state index contributed by atoms with van der Waals surface area (Å²) < 4.78 is 0. The van der Waals surface area contributed by atoms with E-state index in [0.717, 1.165) is 39.2 Å². The summed E-state index contributed by atoms with van der Waals surface area (Å²) in [5, 5.41) is 19.0. The van der Waals surface area contributed by atoms with E-state index < -0.39 is 12.0 Å². The zero-order valence-corrected chi connectivity index (χ0v) is 26.7. The van der Waals surface area contributed by atoms with Crippen molar-refractivity contribution in [1.82, 2.24) is 20.5 Å². The van der Waals surface area contributed by atoms with Gasteiger partial charge in [-0.05, 0) is 58.7 Å².